The van der Waals surface area contributed by atoms with Crippen molar-refractivity contribution in [1.29, 1.82) is 0 Å². The molecule has 0 aliphatic heterocycles. The van der Waals surface area contributed by atoms with Crippen molar-refractivity contribution in [2.24, 2.45) is 0 Å². The Morgan fingerprint density at radius 1 is 0.682 bits per heavy atom. The van der Waals surface area contributed by atoms with Crippen molar-refractivity contribution in [3.05, 3.63) is 78.5 Å². The third-order valence-corrected chi connectivity index (χ3v) is 3.38. The van der Waals surface area contributed by atoms with Crippen molar-refractivity contribution in [1.82, 2.24) is 4.98 Å². The molecule has 0 spiro atoms. The first kappa shape index (κ1) is 14.3. The molecule has 1 heterocycles. The molecule has 0 aliphatic rings. The minimum Gasteiger partial charge on any atom is -0.256 e. The van der Waals surface area contributed by atoms with Crippen LogP contribution in [0.1, 0.15) is 5.56 Å². The van der Waals surface area contributed by atoms with Gasteiger partial charge in [-0.1, -0.05) is 54.6 Å². The lowest BCUT2D eigenvalue weighted by molar-refractivity contribution is -0.137. The molecular formula is C18H12F3N. The summed E-state index contributed by atoms with van der Waals surface area (Å²) in [5, 5.41) is 0. The van der Waals surface area contributed by atoms with E-state index >= 15 is 0 Å². The molecule has 0 saturated heterocycles. The number of halogens is 3. The van der Waals surface area contributed by atoms with Gasteiger partial charge in [0.2, 0.25) is 0 Å². The van der Waals surface area contributed by atoms with E-state index in [2.05, 4.69) is 4.98 Å². The second-order valence-corrected chi connectivity index (χ2v) is 4.87. The average Bonchev–Trinajstić information content (AvgIpc) is 2.55. The van der Waals surface area contributed by atoms with E-state index in [1.807, 2.05) is 42.5 Å². The van der Waals surface area contributed by atoms with Crippen LogP contribution in [-0.4, -0.2) is 4.98 Å². The Labute approximate surface area is 126 Å². The van der Waals surface area contributed by atoms with Gasteiger partial charge in [0.15, 0.2) is 0 Å². The Morgan fingerprint density at radius 3 is 1.91 bits per heavy atom. The maximum atomic E-state index is 12.7. The molecule has 0 N–H and O–H groups in total. The molecule has 2 aromatic carbocycles. The zero-order chi connectivity index (χ0) is 15.6. The molecule has 0 fully saturated rings. The Kier molecular flexibility index (Phi) is 3.67. The van der Waals surface area contributed by atoms with Gasteiger partial charge < -0.3 is 0 Å². The van der Waals surface area contributed by atoms with Gasteiger partial charge in [-0.25, -0.2) is 0 Å². The summed E-state index contributed by atoms with van der Waals surface area (Å²) in [7, 11) is 0. The minimum absolute atomic E-state index is 0.314. The van der Waals surface area contributed by atoms with Crippen LogP contribution in [-0.2, 0) is 6.18 Å². The van der Waals surface area contributed by atoms with Crippen molar-refractivity contribution in [3.63, 3.8) is 0 Å². The van der Waals surface area contributed by atoms with Gasteiger partial charge in [-0.2, -0.15) is 13.2 Å². The fourth-order valence-corrected chi connectivity index (χ4v) is 2.23. The van der Waals surface area contributed by atoms with Gasteiger partial charge >= 0.3 is 6.18 Å². The Bertz CT molecular complexity index is 762. The first-order valence-corrected chi connectivity index (χ1v) is 6.73. The lowest BCUT2D eigenvalue weighted by Gasteiger charge is -2.08. The molecule has 0 bridgehead atoms. The first-order chi connectivity index (χ1) is 10.5. The quantitative estimate of drug-likeness (QED) is 0.614. The highest BCUT2D eigenvalue weighted by atomic mass is 19.4. The van der Waals surface area contributed by atoms with E-state index in [9.17, 15) is 13.2 Å². The van der Waals surface area contributed by atoms with E-state index in [-0.39, 0.29) is 0 Å². The van der Waals surface area contributed by atoms with Crippen molar-refractivity contribution in [2.45, 2.75) is 6.18 Å². The molecule has 0 radical (unpaired) electrons. The maximum absolute atomic E-state index is 12.7. The molecule has 0 saturated carbocycles. The summed E-state index contributed by atoms with van der Waals surface area (Å²) in [6.45, 7) is 0. The van der Waals surface area contributed by atoms with Crippen LogP contribution in [0.25, 0.3) is 22.4 Å². The molecule has 0 unspecified atom stereocenters. The third-order valence-electron chi connectivity index (χ3n) is 3.38. The number of rotatable bonds is 2. The van der Waals surface area contributed by atoms with Crippen LogP contribution in [0.3, 0.4) is 0 Å². The standard InChI is InChI=1S/C18H12F3N/c19-18(20,21)16-10-11-22-17(12-16)15-8-6-14(7-9-15)13-4-2-1-3-5-13/h1-12H. The van der Waals surface area contributed by atoms with Crippen molar-refractivity contribution in [3.8, 4) is 22.4 Å². The van der Waals surface area contributed by atoms with E-state index in [0.29, 0.717) is 11.3 Å². The highest BCUT2D eigenvalue weighted by Crippen LogP contribution is 2.31. The fraction of sp³-hybridized carbons (Fsp3) is 0.0556. The van der Waals surface area contributed by atoms with Crippen LogP contribution in [0, 0.1) is 0 Å². The van der Waals surface area contributed by atoms with Crippen LogP contribution in [0.2, 0.25) is 0 Å². The van der Waals surface area contributed by atoms with Gasteiger partial charge in [0, 0.05) is 11.8 Å². The van der Waals surface area contributed by atoms with E-state index in [0.717, 1.165) is 23.3 Å². The molecule has 3 aromatic rings. The van der Waals surface area contributed by atoms with Crippen LogP contribution in [0.15, 0.2) is 72.9 Å². The predicted molar refractivity (Wildman–Crippen MR) is 80.1 cm³/mol. The van der Waals surface area contributed by atoms with Gasteiger partial charge in [0.25, 0.3) is 0 Å². The zero-order valence-corrected chi connectivity index (χ0v) is 11.5. The number of alkyl halides is 3. The summed E-state index contributed by atoms with van der Waals surface area (Å²) in [5.41, 5.74) is 2.35. The van der Waals surface area contributed by atoms with Crippen molar-refractivity contribution in [2.75, 3.05) is 0 Å². The van der Waals surface area contributed by atoms with Crippen LogP contribution >= 0.6 is 0 Å². The number of benzene rings is 2. The molecule has 1 nitrogen and oxygen atoms in total. The smallest absolute Gasteiger partial charge is 0.256 e. The van der Waals surface area contributed by atoms with E-state index in [4.69, 9.17) is 0 Å². The number of hydrogen-bond donors (Lipinski definition) is 0. The van der Waals surface area contributed by atoms with Crippen LogP contribution in [0.5, 0.6) is 0 Å². The highest BCUT2D eigenvalue weighted by Gasteiger charge is 2.30. The summed E-state index contributed by atoms with van der Waals surface area (Å²) in [4.78, 5) is 4.03. The second kappa shape index (κ2) is 5.64. The molecule has 110 valence electrons. The van der Waals surface area contributed by atoms with Gasteiger partial charge in [-0.05, 0) is 23.3 Å². The maximum Gasteiger partial charge on any atom is 0.416 e. The van der Waals surface area contributed by atoms with Crippen molar-refractivity contribution >= 4 is 0 Å². The van der Waals surface area contributed by atoms with E-state index in [1.54, 1.807) is 12.1 Å². The number of pyridine rings is 1. The fourth-order valence-electron chi connectivity index (χ4n) is 2.23. The Balaban J connectivity index is 1.94. The van der Waals surface area contributed by atoms with E-state index < -0.39 is 11.7 Å². The second-order valence-electron chi connectivity index (χ2n) is 4.87. The molecule has 0 amide bonds. The summed E-state index contributed by atoms with van der Waals surface area (Å²) < 4.78 is 38.2. The third kappa shape index (κ3) is 3.01. The average molecular weight is 299 g/mol. The number of aromatic nitrogens is 1. The van der Waals surface area contributed by atoms with Crippen molar-refractivity contribution < 1.29 is 13.2 Å². The monoisotopic (exact) mass is 299 g/mol. The number of nitrogens with zero attached hydrogens (tertiary/aromatic N) is 1. The summed E-state index contributed by atoms with van der Waals surface area (Å²) in [6, 6.07) is 19.2. The molecule has 0 aliphatic carbocycles. The minimum atomic E-state index is -4.36. The largest absolute Gasteiger partial charge is 0.416 e. The topological polar surface area (TPSA) is 12.9 Å². The van der Waals surface area contributed by atoms with Gasteiger partial charge in [0.05, 0.1) is 11.3 Å². The Hall–Kier alpha value is -2.62. The molecule has 4 heteroatoms. The number of hydrogen-bond acceptors (Lipinski definition) is 1. The Morgan fingerprint density at radius 2 is 1.27 bits per heavy atom. The van der Waals surface area contributed by atoms with Crippen LogP contribution < -0.4 is 0 Å². The molecule has 22 heavy (non-hydrogen) atoms. The van der Waals surface area contributed by atoms with Gasteiger partial charge in [-0.15, -0.1) is 0 Å². The lowest BCUT2D eigenvalue weighted by Crippen LogP contribution is -2.05. The molecule has 1 aromatic heterocycles. The van der Waals surface area contributed by atoms with Gasteiger partial charge in [-0.3, -0.25) is 4.98 Å². The normalized spacial score (nSPS) is 11.4. The summed E-state index contributed by atoms with van der Waals surface area (Å²) in [5.74, 6) is 0. The molecule has 3 rings (SSSR count). The zero-order valence-electron chi connectivity index (χ0n) is 11.5. The molecular weight excluding hydrogens is 287 g/mol. The van der Waals surface area contributed by atoms with Crippen LogP contribution in [0.4, 0.5) is 13.2 Å². The van der Waals surface area contributed by atoms with E-state index in [1.165, 1.54) is 6.20 Å². The lowest BCUT2D eigenvalue weighted by atomic mass is 10.0. The van der Waals surface area contributed by atoms with Gasteiger partial charge in [0.1, 0.15) is 0 Å². The molecule has 0 atom stereocenters. The predicted octanol–water partition coefficient (Wildman–Crippen LogP) is 5.43. The summed E-state index contributed by atoms with van der Waals surface area (Å²) in [6.07, 6.45) is -3.18. The highest BCUT2D eigenvalue weighted by molar-refractivity contribution is 5.68. The summed E-state index contributed by atoms with van der Waals surface area (Å²) >= 11 is 0. The first-order valence-electron chi connectivity index (χ1n) is 6.73. The SMILES string of the molecule is FC(F)(F)c1ccnc(-c2ccc(-c3ccccc3)cc2)c1.